The monoisotopic (exact) mass is 353 g/mol. The molecule has 0 atom stereocenters. The van der Waals surface area contributed by atoms with Crippen LogP contribution in [0.4, 0.5) is 0 Å². The quantitative estimate of drug-likeness (QED) is 0.330. The average Bonchev–Trinajstić information content (AvgIpc) is 2.65. The van der Waals surface area contributed by atoms with E-state index in [1.54, 1.807) is 11.8 Å². The number of guanidine groups is 1. The van der Waals surface area contributed by atoms with Crippen molar-refractivity contribution in [2.75, 3.05) is 26.8 Å². The van der Waals surface area contributed by atoms with Crippen LogP contribution in [0.2, 0.25) is 0 Å². The molecule has 98 valence electrons. The number of aryl methyl sites for hydroxylation is 1. The van der Waals surface area contributed by atoms with Crippen LogP contribution in [0.3, 0.4) is 0 Å². The molecule has 1 rings (SSSR count). The Hall–Kier alpha value is -0.830. The second-order valence-electron chi connectivity index (χ2n) is 3.46. The van der Waals surface area contributed by atoms with E-state index in [2.05, 4.69) is 15.4 Å². The first-order chi connectivity index (χ1) is 7.72. The smallest absolute Gasteiger partial charge is 0.188 e. The third kappa shape index (κ3) is 7.16. The maximum Gasteiger partial charge on any atom is 0.188 e. The molecule has 1 aromatic heterocycles. The summed E-state index contributed by atoms with van der Waals surface area (Å²) < 4.78 is 6.65. The summed E-state index contributed by atoms with van der Waals surface area (Å²) >= 11 is 0. The van der Waals surface area contributed by atoms with Crippen molar-refractivity contribution in [1.29, 1.82) is 0 Å². The number of nitrogens with zero attached hydrogens (tertiary/aromatic N) is 3. The molecule has 1 aromatic rings. The molecule has 6 nitrogen and oxygen atoms in total. The van der Waals surface area contributed by atoms with E-state index in [0.29, 0.717) is 19.1 Å². The molecule has 3 N–H and O–H groups in total. The second kappa shape index (κ2) is 9.23. The Balaban J connectivity index is 0.00000256. The number of aromatic nitrogens is 2. The number of ether oxygens (including phenoxy) is 1. The first-order valence-electron chi connectivity index (χ1n) is 5.22. The zero-order valence-corrected chi connectivity index (χ0v) is 12.5. The fourth-order valence-corrected chi connectivity index (χ4v) is 1.25. The Labute approximate surface area is 119 Å². The second-order valence-corrected chi connectivity index (χ2v) is 3.46. The van der Waals surface area contributed by atoms with Gasteiger partial charge in [0.25, 0.3) is 0 Å². The lowest BCUT2D eigenvalue weighted by molar-refractivity contribution is 0.208. The van der Waals surface area contributed by atoms with E-state index in [1.807, 2.05) is 19.4 Å². The van der Waals surface area contributed by atoms with E-state index in [4.69, 9.17) is 10.5 Å². The van der Waals surface area contributed by atoms with Crippen LogP contribution in [0.5, 0.6) is 0 Å². The summed E-state index contributed by atoms with van der Waals surface area (Å²) in [6.07, 6.45) is 4.72. The molecule has 0 radical (unpaired) electrons. The minimum Gasteiger partial charge on any atom is -0.383 e. The van der Waals surface area contributed by atoms with Crippen molar-refractivity contribution in [2.24, 2.45) is 17.8 Å². The molecule has 0 aliphatic carbocycles. The minimum atomic E-state index is 0. The van der Waals surface area contributed by atoms with Gasteiger partial charge in [0.1, 0.15) is 0 Å². The molecule has 0 aliphatic rings. The summed E-state index contributed by atoms with van der Waals surface area (Å²) in [5.74, 6) is 0.459. The Morgan fingerprint density at radius 1 is 1.65 bits per heavy atom. The highest BCUT2D eigenvalue weighted by atomic mass is 127. The lowest BCUT2D eigenvalue weighted by Crippen LogP contribution is -2.33. The van der Waals surface area contributed by atoms with E-state index in [-0.39, 0.29) is 24.0 Å². The number of methoxy groups -OCH3 is 1. The largest absolute Gasteiger partial charge is 0.383 e. The Bertz CT molecular complexity index is 339. The minimum absolute atomic E-state index is 0. The number of halogens is 1. The van der Waals surface area contributed by atoms with Crippen molar-refractivity contribution in [2.45, 2.75) is 6.42 Å². The van der Waals surface area contributed by atoms with Gasteiger partial charge in [-0.25, -0.2) is 0 Å². The van der Waals surface area contributed by atoms with Gasteiger partial charge in [0.05, 0.1) is 19.3 Å². The standard InChI is InChI=1S/C10H19N5O.HI/c1-15-8-9(7-14-15)3-4-12-10(11)13-5-6-16-2;/h7-8H,3-6H2,1-2H3,(H3,11,12,13);1H. The van der Waals surface area contributed by atoms with Crippen molar-refractivity contribution >= 4 is 29.9 Å². The number of nitrogens with one attached hydrogen (secondary N) is 1. The summed E-state index contributed by atoms with van der Waals surface area (Å²) in [5, 5.41) is 7.12. The predicted molar refractivity (Wildman–Crippen MR) is 78.7 cm³/mol. The van der Waals surface area contributed by atoms with Crippen molar-refractivity contribution in [3.8, 4) is 0 Å². The molecular weight excluding hydrogens is 333 g/mol. The van der Waals surface area contributed by atoms with Gasteiger partial charge in [-0.3, -0.25) is 9.67 Å². The fraction of sp³-hybridized carbons (Fsp3) is 0.600. The van der Waals surface area contributed by atoms with Gasteiger partial charge < -0.3 is 15.8 Å². The molecule has 0 saturated heterocycles. The summed E-state index contributed by atoms with van der Waals surface area (Å²) in [5.41, 5.74) is 6.83. The van der Waals surface area contributed by atoms with Crippen LogP contribution in [0.15, 0.2) is 17.4 Å². The molecule has 0 bridgehead atoms. The zero-order chi connectivity index (χ0) is 11.8. The molecule has 0 aromatic carbocycles. The van der Waals surface area contributed by atoms with Crippen molar-refractivity contribution in [3.05, 3.63) is 18.0 Å². The number of rotatable bonds is 6. The van der Waals surface area contributed by atoms with Crippen LogP contribution in [-0.2, 0) is 18.2 Å². The summed E-state index contributed by atoms with van der Waals surface area (Å²) in [6.45, 7) is 1.93. The van der Waals surface area contributed by atoms with Crippen LogP contribution in [-0.4, -0.2) is 42.5 Å². The Morgan fingerprint density at radius 2 is 2.41 bits per heavy atom. The van der Waals surface area contributed by atoms with Crippen LogP contribution < -0.4 is 11.1 Å². The molecule has 0 aliphatic heterocycles. The molecule has 1 heterocycles. The average molecular weight is 353 g/mol. The van der Waals surface area contributed by atoms with Gasteiger partial charge in [-0.1, -0.05) is 0 Å². The Morgan fingerprint density at radius 3 is 3.00 bits per heavy atom. The van der Waals surface area contributed by atoms with E-state index >= 15 is 0 Å². The summed E-state index contributed by atoms with van der Waals surface area (Å²) in [6, 6.07) is 0. The van der Waals surface area contributed by atoms with Gasteiger partial charge in [0.15, 0.2) is 5.96 Å². The van der Waals surface area contributed by atoms with Gasteiger partial charge in [-0.15, -0.1) is 24.0 Å². The van der Waals surface area contributed by atoms with Gasteiger partial charge in [0, 0.05) is 26.9 Å². The molecular formula is C10H20IN5O. The topological polar surface area (TPSA) is 77.5 Å². The lowest BCUT2D eigenvalue weighted by Gasteiger charge is -2.04. The zero-order valence-electron chi connectivity index (χ0n) is 10.2. The number of nitrogens with two attached hydrogens (primary N) is 1. The third-order valence-electron chi connectivity index (χ3n) is 2.06. The number of hydrogen-bond acceptors (Lipinski definition) is 3. The van der Waals surface area contributed by atoms with Crippen molar-refractivity contribution in [3.63, 3.8) is 0 Å². The van der Waals surface area contributed by atoms with Crippen LogP contribution >= 0.6 is 24.0 Å². The van der Waals surface area contributed by atoms with Crippen LogP contribution in [0.1, 0.15) is 5.56 Å². The van der Waals surface area contributed by atoms with Gasteiger partial charge >= 0.3 is 0 Å². The van der Waals surface area contributed by atoms with Crippen molar-refractivity contribution in [1.82, 2.24) is 15.1 Å². The maximum absolute atomic E-state index is 5.65. The molecule has 17 heavy (non-hydrogen) atoms. The molecule has 0 amide bonds. The molecule has 0 saturated carbocycles. The number of aliphatic imine (C=N–C) groups is 1. The maximum atomic E-state index is 5.65. The van der Waals surface area contributed by atoms with E-state index < -0.39 is 0 Å². The molecule has 7 heteroatoms. The lowest BCUT2D eigenvalue weighted by atomic mass is 10.2. The highest BCUT2D eigenvalue weighted by molar-refractivity contribution is 14.0. The normalized spacial score (nSPS) is 11.1. The van der Waals surface area contributed by atoms with E-state index in [1.165, 1.54) is 5.56 Å². The Kier molecular flexibility index (Phi) is 8.78. The molecule has 0 fully saturated rings. The number of hydrogen-bond donors (Lipinski definition) is 2. The van der Waals surface area contributed by atoms with Gasteiger partial charge in [0.2, 0.25) is 0 Å². The highest BCUT2D eigenvalue weighted by Gasteiger charge is 1.96. The first kappa shape index (κ1) is 16.2. The predicted octanol–water partition coefficient (Wildman–Crippen LogP) is 0.131. The third-order valence-corrected chi connectivity index (χ3v) is 2.06. The van der Waals surface area contributed by atoms with Crippen LogP contribution in [0, 0.1) is 0 Å². The van der Waals surface area contributed by atoms with E-state index in [0.717, 1.165) is 13.0 Å². The first-order valence-corrected chi connectivity index (χ1v) is 5.22. The van der Waals surface area contributed by atoms with Gasteiger partial charge in [-0.05, 0) is 12.0 Å². The summed E-state index contributed by atoms with van der Waals surface area (Å²) in [7, 11) is 3.54. The summed E-state index contributed by atoms with van der Waals surface area (Å²) in [4.78, 5) is 4.09. The fourth-order valence-electron chi connectivity index (χ4n) is 1.25. The van der Waals surface area contributed by atoms with Gasteiger partial charge in [-0.2, -0.15) is 5.10 Å². The highest BCUT2D eigenvalue weighted by Crippen LogP contribution is 1.95. The van der Waals surface area contributed by atoms with Crippen LogP contribution in [0.25, 0.3) is 0 Å². The molecule has 0 spiro atoms. The van der Waals surface area contributed by atoms with E-state index in [9.17, 15) is 0 Å². The SMILES string of the molecule is COCCN=C(N)NCCc1cnn(C)c1.I. The molecule has 0 unspecified atom stereocenters. The van der Waals surface area contributed by atoms with Crippen molar-refractivity contribution < 1.29 is 4.74 Å².